The minimum Gasteiger partial charge on any atom is -0.296 e. The predicted molar refractivity (Wildman–Crippen MR) is 69.3 cm³/mol. The number of carbonyl (C=O) groups excluding carboxylic acids is 1. The molecular weight excluding hydrogens is 327 g/mol. The predicted octanol–water partition coefficient (Wildman–Crippen LogP) is 4.22. The molecular formula is C10H6Cl3F3N2O. The number of hydrazone groups is 1. The number of hydrogen-bond acceptors (Lipinski definition) is 3. The monoisotopic (exact) mass is 332 g/mol. The maximum atomic E-state index is 12.5. The summed E-state index contributed by atoms with van der Waals surface area (Å²) in [4.78, 5) is 10.4. The highest BCUT2D eigenvalue weighted by atomic mass is 35.5. The third-order valence-corrected chi connectivity index (χ3v) is 2.82. The van der Waals surface area contributed by atoms with E-state index in [9.17, 15) is 18.0 Å². The summed E-state index contributed by atoms with van der Waals surface area (Å²) in [7, 11) is 0. The Bertz CT molecular complexity index is 494. The number of hydrogen-bond donors (Lipinski definition) is 1. The van der Waals surface area contributed by atoms with Crippen molar-refractivity contribution in [3.05, 3.63) is 27.7 Å². The number of carbonyl (C=O) groups is 1. The van der Waals surface area contributed by atoms with E-state index in [-0.39, 0.29) is 27.3 Å². The molecule has 104 valence electrons. The molecule has 0 unspecified atom stereocenters. The molecule has 0 fully saturated rings. The van der Waals surface area contributed by atoms with E-state index in [1.54, 1.807) is 0 Å². The lowest BCUT2D eigenvalue weighted by Gasteiger charge is -2.11. The van der Waals surface area contributed by atoms with E-state index in [1.165, 1.54) is 0 Å². The van der Waals surface area contributed by atoms with Crippen LogP contribution in [-0.4, -0.2) is 17.9 Å². The number of aldehydes is 1. The molecule has 0 radical (unpaired) electrons. The molecule has 0 aromatic heterocycles. The van der Waals surface area contributed by atoms with Crippen molar-refractivity contribution < 1.29 is 18.0 Å². The van der Waals surface area contributed by atoms with Crippen LogP contribution in [0.1, 0.15) is 5.56 Å². The third-order valence-electron chi connectivity index (χ3n) is 1.95. The van der Waals surface area contributed by atoms with Crippen LogP contribution in [0.2, 0.25) is 10.0 Å². The summed E-state index contributed by atoms with van der Waals surface area (Å²) in [5, 5.41) is 3.01. The first-order valence-corrected chi connectivity index (χ1v) is 5.98. The van der Waals surface area contributed by atoms with Crippen LogP contribution in [0.5, 0.6) is 0 Å². The molecule has 0 saturated heterocycles. The quantitative estimate of drug-likeness (QED) is 0.388. The van der Waals surface area contributed by atoms with Gasteiger partial charge in [0.1, 0.15) is 5.71 Å². The van der Waals surface area contributed by atoms with Gasteiger partial charge in [0, 0.05) is 0 Å². The zero-order valence-corrected chi connectivity index (χ0v) is 11.3. The summed E-state index contributed by atoms with van der Waals surface area (Å²) < 4.78 is 37.4. The van der Waals surface area contributed by atoms with Crippen molar-refractivity contribution in [2.75, 3.05) is 11.3 Å². The van der Waals surface area contributed by atoms with Crippen LogP contribution >= 0.6 is 34.8 Å². The van der Waals surface area contributed by atoms with Crippen LogP contribution in [0.15, 0.2) is 17.2 Å². The Labute approximate surface area is 121 Å². The van der Waals surface area contributed by atoms with Gasteiger partial charge in [0.25, 0.3) is 0 Å². The van der Waals surface area contributed by atoms with Gasteiger partial charge in [0.2, 0.25) is 0 Å². The number of benzene rings is 1. The molecule has 0 spiro atoms. The van der Waals surface area contributed by atoms with Gasteiger partial charge < -0.3 is 0 Å². The molecule has 3 nitrogen and oxygen atoms in total. The first kappa shape index (κ1) is 16.1. The average Bonchev–Trinajstić information content (AvgIpc) is 2.31. The molecule has 0 heterocycles. The second-order valence-corrected chi connectivity index (χ2v) is 4.36. The van der Waals surface area contributed by atoms with Crippen molar-refractivity contribution >= 4 is 52.5 Å². The van der Waals surface area contributed by atoms with E-state index in [0.717, 1.165) is 0 Å². The van der Waals surface area contributed by atoms with Crippen LogP contribution in [-0.2, 0) is 11.0 Å². The van der Waals surface area contributed by atoms with Crippen LogP contribution in [0.25, 0.3) is 0 Å². The lowest BCUT2D eigenvalue weighted by molar-refractivity contribution is -0.137. The zero-order chi connectivity index (χ0) is 14.6. The highest BCUT2D eigenvalue weighted by Crippen LogP contribution is 2.38. The third kappa shape index (κ3) is 4.26. The number of rotatable bonds is 4. The molecule has 1 N–H and O–H groups in total. The average molecular weight is 334 g/mol. The highest BCUT2D eigenvalue weighted by Gasteiger charge is 2.32. The first-order valence-electron chi connectivity index (χ1n) is 4.69. The Morgan fingerprint density at radius 1 is 1.32 bits per heavy atom. The van der Waals surface area contributed by atoms with Crippen molar-refractivity contribution in [2.45, 2.75) is 6.18 Å². The molecule has 0 saturated carbocycles. The van der Waals surface area contributed by atoms with E-state index in [4.69, 9.17) is 34.8 Å². The molecule has 1 aromatic rings. The van der Waals surface area contributed by atoms with Crippen LogP contribution in [0.4, 0.5) is 18.9 Å². The van der Waals surface area contributed by atoms with E-state index in [0.29, 0.717) is 18.4 Å². The van der Waals surface area contributed by atoms with Gasteiger partial charge in [-0.1, -0.05) is 23.2 Å². The SMILES string of the molecule is O=CC(CCl)=NNc1c(Cl)cc(C(F)(F)F)cc1Cl. The summed E-state index contributed by atoms with van der Waals surface area (Å²) in [6.45, 7) is 0. The van der Waals surface area contributed by atoms with Crippen LogP contribution < -0.4 is 5.43 Å². The van der Waals surface area contributed by atoms with Crippen molar-refractivity contribution in [3.63, 3.8) is 0 Å². The normalized spacial score (nSPS) is 12.4. The number of nitrogens with one attached hydrogen (secondary N) is 1. The second-order valence-electron chi connectivity index (χ2n) is 3.28. The Kier molecular flexibility index (Phi) is 5.46. The first-order chi connectivity index (χ1) is 8.79. The van der Waals surface area contributed by atoms with Gasteiger partial charge in [-0.05, 0) is 12.1 Å². The van der Waals surface area contributed by atoms with Crippen molar-refractivity contribution in [1.29, 1.82) is 0 Å². The summed E-state index contributed by atoms with van der Waals surface area (Å²) in [6.07, 6.45) is -4.16. The van der Waals surface area contributed by atoms with Crippen LogP contribution in [0.3, 0.4) is 0 Å². The van der Waals surface area contributed by atoms with Gasteiger partial charge in [-0.15, -0.1) is 11.6 Å². The van der Waals surface area contributed by atoms with Crippen LogP contribution in [0, 0.1) is 0 Å². The summed E-state index contributed by atoms with van der Waals surface area (Å²) in [5.74, 6) is -0.160. The minimum atomic E-state index is -4.56. The Morgan fingerprint density at radius 3 is 2.21 bits per heavy atom. The number of alkyl halides is 4. The lowest BCUT2D eigenvalue weighted by Crippen LogP contribution is -2.07. The summed E-state index contributed by atoms with van der Waals surface area (Å²) in [5.41, 5.74) is 1.23. The van der Waals surface area contributed by atoms with Gasteiger partial charge in [0.15, 0.2) is 6.29 Å². The molecule has 9 heteroatoms. The Balaban J connectivity index is 3.11. The smallest absolute Gasteiger partial charge is 0.296 e. The summed E-state index contributed by atoms with van der Waals surface area (Å²) >= 11 is 16.7. The van der Waals surface area contributed by atoms with Gasteiger partial charge in [-0.2, -0.15) is 18.3 Å². The minimum absolute atomic E-state index is 0.0409. The fourth-order valence-corrected chi connectivity index (χ4v) is 1.75. The molecule has 0 aliphatic rings. The Hall–Kier alpha value is -0.980. The molecule has 0 aliphatic carbocycles. The van der Waals surface area contributed by atoms with Gasteiger partial charge in [-0.25, -0.2) is 0 Å². The molecule has 1 rings (SSSR count). The molecule has 1 aromatic carbocycles. The van der Waals surface area contributed by atoms with Crippen molar-refractivity contribution in [2.24, 2.45) is 5.10 Å². The standard InChI is InChI=1S/C10H6Cl3F3N2O/c11-3-6(4-19)17-18-9-7(12)1-5(2-8(9)13)10(14,15)16/h1-2,4,18H,3H2. The maximum absolute atomic E-state index is 12.5. The summed E-state index contributed by atoms with van der Waals surface area (Å²) in [6, 6.07) is 1.40. The molecule has 0 amide bonds. The van der Waals surface area contributed by atoms with E-state index < -0.39 is 11.7 Å². The molecule has 0 atom stereocenters. The van der Waals surface area contributed by atoms with Crippen molar-refractivity contribution in [1.82, 2.24) is 0 Å². The van der Waals surface area contributed by atoms with E-state index >= 15 is 0 Å². The molecule has 19 heavy (non-hydrogen) atoms. The zero-order valence-electron chi connectivity index (χ0n) is 9.06. The van der Waals surface area contributed by atoms with Crippen molar-refractivity contribution in [3.8, 4) is 0 Å². The fourth-order valence-electron chi connectivity index (χ4n) is 1.06. The second kappa shape index (κ2) is 6.45. The molecule has 0 aliphatic heterocycles. The number of anilines is 1. The maximum Gasteiger partial charge on any atom is 0.416 e. The number of halogens is 6. The molecule has 0 bridgehead atoms. The lowest BCUT2D eigenvalue weighted by atomic mass is 10.2. The Morgan fingerprint density at radius 2 is 1.84 bits per heavy atom. The van der Waals surface area contributed by atoms with Gasteiger partial charge >= 0.3 is 6.18 Å². The fraction of sp³-hybridized carbons (Fsp3) is 0.200. The van der Waals surface area contributed by atoms with Gasteiger partial charge in [-0.3, -0.25) is 10.2 Å². The highest BCUT2D eigenvalue weighted by molar-refractivity contribution is 6.43. The number of nitrogens with zero attached hydrogens (tertiary/aromatic N) is 1. The van der Waals surface area contributed by atoms with Gasteiger partial charge in [0.05, 0.1) is 27.2 Å². The topological polar surface area (TPSA) is 41.5 Å². The van der Waals surface area contributed by atoms with E-state index in [1.807, 2.05) is 0 Å². The van der Waals surface area contributed by atoms with E-state index in [2.05, 4.69) is 10.5 Å². The largest absolute Gasteiger partial charge is 0.416 e.